The molecule has 7 heteroatoms. The maximum atomic E-state index is 12.5. The average Bonchev–Trinajstić information content (AvgIpc) is 2.91. The van der Waals surface area contributed by atoms with E-state index in [1.165, 1.54) is 6.08 Å². The average molecular weight is 418 g/mol. The van der Waals surface area contributed by atoms with E-state index < -0.39 is 5.91 Å². The predicted octanol–water partition coefficient (Wildman–Crippen LogP) is 3.95. The molecule has 136 valence electrons. The summed E-state index contributed by atoms with van der Waals surface area (Å²) in [5, 5.41) is 9.41. The van der Waals surface area contributed by atoms with Gasteiger partial charge in [0.25, 0.3) is 5.91 Å². The second kappa shape index (κ2) is 8.59. The van der Waals surface area contributed by atoms with E-state index in [2.05, 4.69) is 21.4 Å². The van der Waals surface area contributed by atoms with Crippen molar-refractivity contribution >= 4 is 27.9 Å². The Morgan fingerprint density at radius 1 is 1.35 bits per heavy atom. The highest BCUT2D eigenvalue weighted by atomic mass is 79.9. The Labute approximate surface area is 161 Å². The smallest absolute Gasteiger partial charge is 0.280 e. The Bertz CT molecular complexity index is 875. The molecule has 0 bridgehead atoms. The van der Waals surface area contributed by atoms with Crippen LogP contribution in [0.1, 0.15) is 23.9 Å². The van der Waals surface area contributed by atoms with Crippen LogP contribution in [0.4, 0.5) is 0 Å². The lowest BCUT2D eigenvalue weighted by atomic mass is 10.1. The fraction of sp³-hybridized carbons (Fsp3) is 0.263. The number of hydrogen-bond donors (Lipinski definition) is 1. The summed E-state index contributed by atoms with van der Waals surface area (Å²) in [5.74, 6) is 0.607. The Morgan fingerprint density at radius 2 is 2.00 bits per heavy atom. The predicted molar refractivity (Wildman–Crippen MR) is 104 cm³/mol. The number of nitriles is 1. The van der Waals surface area contributed by atoms with Crippen LogP contribution in [0.5, 0.6) is 11.5 Å². The number of nitrogens with zero attached hydrogens (tertiary/aromatic N) is 2. The number of carbonyl (C=O) groups is 1. The summed E-state index contributed by atoms with van der Waals surface area (Å²) < 4.78 is 13.2. The molecular formula is C19H20BrN3O3. The van der Waals surface area contributed by atoms with Crippen molar-refractivity contribution in [2.45, 2.75) is 20.8 Å². The minimum Gasteiger partial charge on any atom is -0.492 e. The molecule has 0 saturated heterocycles. The van der Waals surface area contributed by atoms with Gasteiger partial charge in [0.05, 0.1) is 18.2 Å². The van der Waals surface area contributed by atoms with Gasteiger partial charge in [-0.2, -0.15) is 5.26 Å². The topological polar surface area (TPSA) is 76.3 Å². The molecule has 1 aromatic carbocycles. The number of rotatable bonds is 6. The van der Waals surface area contributed by atoms with E-state index in [4.69, 9.17) is 9.47 Å². The number of carbonyl (C=O) groups excluding carboxylic acids is 1. The first kappa shape index (κ1) is 19.6. The van der Waals surface area contributed by atoms with Gasteiger partial charge >= 0.3 is 0 Å². The summed E-state index contributed by atoms with van der Waals surface area (Å²) in [7, 11) is 1.55. The molecule has 0 spiro atoms. The standard InChI is InChI=1S/C19H20BrN3O3/c1-5-26-17-10-14(9-16(20)18(17)25-4)8-15(11-21)19(24)22-23-12(2)6-7-13(23)3/h6-10H,5H2,1-4H3,(H,22,24)/b15-8-. The van der Waals surface area contributed by atoms with Gasteiger partial charge in [-0.3, -0.25) is 14.9 Å². The number of benzene rings is 1. The molecule has 6 nitrogen and oxygen atoms in total. The second-order valence-corrected chi connectivity index (χ2v) is 6.38. The number of ether oxygens (including phenoxy) is 2. The number of nitrogens with one attached hydrogen (secondary N) is 1. The van der Waals surface area contributed by atoms with Crippen molar-refractivity contribution in [1.82, 2.24) is 4.68 Å². The fourth-order valence-corrected chi connectivity index (χ4v) is 3.08. The minimum atomic E-state index is -0.486. The quantitative estimate of drug-likeness (QED) is 0.569. The maximum absolute atomic E-state index is 12.5. The second-order valence-electron chi connectivity index (χ2n) is 5.53. The normalized spacial score (nSPS) is 11.0. The lowest BCUT2D eigenvalue weighted by molar-refractivity contribution is -0.113. The molecular weight excluding hydrogens is 398 g/mol. The fourth-order valence-electron chi connectivity index (χ4n) is 2.45. The zero-order valence-electron chi connectivity index (χ0n) is 15.1. The lowest BCUT2D eigenvalue weighted by Gasteiger charge is -2.13. The number of hydrogen-bond acceptors (Lipinski definition) is 4. The van der Waals surface area contributed by atoms with Gasteiger partial charge in [0.2, 0.25) is 0 Å². The van der Waals surface area contributed by atoms with Crippen molar-refractivity contribution in [3.63, 3.8) is 0 Å². The molecule has 0 fully saturated rings. The van der Waals surface area contributed by atoms with Gasteiger partial charge in [-0.1, -0.05) is 0 Å². The Hall–Kier alpha value is -2.72. The Balaban J connectivity index is 2.36. The molecule has 0 aliphatic heterocycles. The third-order valence-electron chi connectivity index (χ3n) is 3.70. The molecule has 0 saturated carbocycles. The molecule has 1 aromatic heterocycles. The molecule has 26 heavy (non-hydrogen) atoms. The van der Waals surface area contributed by atoms with Crippen LogP contribution in [-0.4, -0.2) is 24.3 Å². The van der Waals surface area contributed by atoms with Crippen molar-refractivity contribution < 1.29 is 14.3 Å². The van der Waals surface area contributed by atoms with Gasteiger partial charge in [-0.25, -0.2) is 0 Å². The summed E-state index contributed by atoms with van der Waals surface area (Å²) in [6.07, 6.45) is 1.51. The molecule has 1 N–H and O–H groups in total. The molecule has 1 heterocycles. The van der Waals surface area contributed by atoms with Crippen LogP contribution in [0.25, 0.3) is 6.08 Å². The van der Waals surface area contributed by atoms with Crippen LogP contribution in [0.3, 0.4) is 0 Å². The summed E-state index contributed by atoms with van der Waals surface area (Å²) in [4.78, 5) is 12.5. The first-order valence-electron chi connectivity index (χ1n) is 7.99. The van der Waals surface area contributed by atoms with Crippen LogP contribution in [-0.2, 0) is 4.79 Å². The highest BCUT2D eigenvalue weighted by Gasteiger charge is 2.14. The van der Waals surface area contributed by atoms with Crippen molar-refractivity contribution in [3.05, 3.63) is 51.3 Å². The van der Waals surface area contributed by atoms with Crippen LogP contribution in [0.2, 0.25) is 0 Å². The molecule has 0 unspecified atom stereocenters. The van der Waals surface area contributed by atoms with Gasteiger partial charge in [0.15, 0.2) is 11.5 Å². The van der Waals surface area contributed by atoms with Crippen molar-refractivity contribution in [2.24, 2.45) is 0 Å². The van der Waals surface area contributed by atoms with Gasteiger partial charge in [0.1, 0.15) is 11.6 Å². The van der Waals surface area contributed by atoms with E-state index in [9.17, 15) is 10.1 Å². The monoisotopic (exact) mass is 417 g/mol. The minimum absolute atomic E-state index is 0.0167. The van der Waals surface area contributed by atoms with Crippen molar-refractivity contribution in [3.8, 4) is 17.6 Å². The van der Waals surface area contributed by atoms with E-state index in [1.807, 2.05) is 39.0 Å². The third kappa shape index (κ3) is 4.27. The highest BCUT2D eigenvalue weighted by molar-refractivity contribution is 9.10. The lowest BCUT2D eigenvalue weighted by Crippen LogP contribution is -2.25. The first-order chi connectivity index (χ1) is 12.4. The SMILES string of the molecule is CCOc1cc(/C=C(/C#N)C(=O)Nn2c(C)ccc2C)cc(Br)c1OC. The van der Waals surface area contributed by atoms with Gasteiger partial charge in [-0.15, -0.1) is 0 Å². The van der Waals surface area contributed by atoms with Crippen molar-refractivity contribution in [2.75, 3.05) is 19.1 Å². The summed E-state index contributed by atoms with van der Waals surface area (Å²) in [6, 6.07) is 9.22. The van der Waals surface area contributed by atoms with Crippen LogP contribution < -0.4 is 14.9 Å². The summed E-state index contributed by atoms with van der Waals surface area (Å²) in [5.41, 5.74) is 5.10. The molecule has 0 aliphatic rings. The summed E-state index contributed by atoms with van der Waals surface area (Å²) >= 11 is 3.42. The highest BCUT2D eigenvalue weighted by Crippen LogP contribution is 2.37. The van der Waals surface area contributed by atoms with Crippen LogP contribution in [0.15, 0.2) is 34.3 Å². The Kier molecular flexibility index (Phi) is 6.47. The zero-order valence-corrected chi connectivity index (χ0v) is 16.7. The van der Waals surface area contributed by atoms with E-state index >= 15 is 0 Å². The van der Waals surface area contributed by atoms with Gasteiger partial charge in [0, 0.05) is 11.4 Å². The number of aryl methyl sites for hydroxylation is 2. The van der Waals surface area contributed by atoms with E-state index in [-0.39, 0.29) is 5.57 Å². The molecule has 2 rings (SSSR count). The third-order valence-corrected chi connectivity index (χ3v) is 4.29. The van der Waals surface area contributed by atoms with Gasteiger partial charge < -0.3 is 9.47 Å². The summed E-state index contributed by atoms with van der Waals surface area (Å²) in [6.45, 7) is 6.08. The largest absolute Gasteiger partial charge is 0.492 e. The Morgan fingerprint density at radius 3 is 2.54 bits per heavy atom. The molecule has 0 radical (unpaired) electrons. The van der Waals surface area contributed by atoms with Gasteiger partial charge in [-0.05, 0) is 72.6 Å². The maximum Gasteiger partial charge on any atom is 0.280 e. The molecule has 0 aliphatic carbocycles. The number of aromatic nitrogens is 1. The first-order valence-corrected chi connectivity index (χ1v) is 8.79. The van der Waals surface area contributed by atoms with Crippen LogP contribution >= 0.6 is 15.9 Å². The number of methoxy groups -OCH3 is 1. The molecule has 0 atom stereocenters. The van der Waals surface area contributed by atoms with E-state index in [0.29, 0.717) is 28.1 Å². The molecule has 1 amide bonds. The van der Waals surface area contributed by atoms with Crippen LogP contribution in [0, 0.1) is 25.2 Å². The van der Waals surface area contributed by atoms with E-state index in [1.54, 1.807) is 23.9 Å². The number of amides is 1. The van der Waals surface area contributed by atoms with Crippen molar-refractivity contribution in [1.29, 1.82) is 5.26 Å². The number of halogens is 1. The van der Waals surface area contributed by atoms with E-state index in [0.717, 1.165) is 11.4 Å². The molecule has 2 aromatic rings. The zero-order chi connectivity index (χ0) is 19.3.